The van der Waals surface area contributed by atoms with Crippen molar-refractivity contribution in [1.29, 1.82) is 0 Å². The third-order valence-electron chi connectivity index (χ3n) is 5.53. The molecule has 5 nitrogen and oxygen atoms in total. The van der Waals surface area contributed by atoms with Crippen LogP contribution in [0.3, 0.4) is 0 Å². The molecule has 1 aliphatic rings. The van der Waals surface area contributed by atoms with Crippen LogP contribution in [-0.4, -0.2) is 50.5 Å². The molecule has 0 bridgehead atoms. The molecular formula is C22H26N2O3Se. The van der Waals surface area contributed by atoms with Gasteiger partial charge in [0.05, 0.1) is 0 Å². The van der Waals surface area contributed by atoms with Gasteiger partial charge in [0.1, 0.15) is 0 Å². The molecule has 6 heteroatoms. The predicted octanol–water partition coefficient (Wildman–Crippen LogP) is 2.99. The maximum absolute atomic E-state index is 12.9. The van der Waals surface area contributed by atoms with Crippen LogP contribution in [0.15, 0.2) is 47.3 Å². The maximum atomic E-state index is 12.9. The molecule has 28 heavy (non-hydrogen) atoms. The fourth-order valence-electron chi connectivity index (χ4n) is 3.92. The summed E-state index contributed by atoms with van der Waals surface area (Å²) in [4.78, 5) is 15.4. The molecule has 0 unspecified atom stereocenters. The van der Waals surface area contributed by atoms with E-state index in [2.05, 4.69) is 35.2 Å². The van der Waals surface area contributed by atoms with Crippen LogP contribution >= 0.6 is 0 Å². The average Bonchev–Trinajstić information content (AvgIpc) is 3.03. The van der Waals surface area contributed by atoms with Crippen LogP contribution in [0.1, 0.15) is 18.4 Å². The molecular weight excluding hydrogens is 419 g/mol. The number of methoxy groups -OCH3 is 2. The molecule has 0 amide bonds. The van der Waals surface area contributed by atoms with Crippen LogP contribution in [0.5, 0.6) is 11.5 Å². The van der Waals surface area contributed by atoms with Gasteiger partial charge in [-0.15, -0.1) is 0 Å². The number of aromatic nitrogens is 1. The molecule has 1 fully saturated rings. The Morgan fingerprint density at radius 2 is 1.71 bits per heavy atom. The van der Waals surface area contributed by atoms with Gasteiger partial charge in [-0.05, 0) is 0 Å². The SMILES string of the molecule is COc1cc2[se]n(CC3CCN(Cc4ccccc4)CC3)c(=O)c2cc1OC. The Morgan fingerprint density at radius 1 is 1.04 bits per heavy atom. The van der Waals surface area contributed by atoms with Gasteiger partial charge in [0.15, 0.2) is 0 Å². The number of hydrogen-bond acceptors (Lipinski definition) is 4. The van der Waals surface area contributed by atoms with Crippen molar-refractivity contribution in [2.75, 3.05) is 27.3 Å². The normalized spacial score (nSPS) is 15.8. The Labute approximate surface area is 171 Å². The van der Waals surface area contributed by atoms with E-state index in [4.69, 9.17) is 9.47 Å². The fraction of sp³-hybridized carbons (Fsp3) is 0.409. The first-order valence-corrected chi connectivity index (χ1v) is 11.3. The van der Waals surface area contributed by atoms with E-state index >= 15 is 0 Å². The van der Waals surface area contributed by atoms with Crippen LogP contribution in [0.25, 0.3) is 9.65 Å². The number of ether oxygens (including phenoxy) is 2. The summed E-state index contributed by atoms with van der Waals surface area (Å²) < 4.78 is 13.9. The molecule has 0 radical (unpaired) electrons. The summed E-state index contributed by atoms with van der Waals surface area (Å²) in [7, 11) is 3.24. The van der Waals surface area contributed by atoms with E-state index in [1.165, 1.54) is 5.56 Å². The Bertz CT molecular complexity index is 988. The summed E-state index contributed by atoms with van der Waals surface area (Å²) in [6.45, 7) is 4.08. The molecule has 1 aliphatic heterocycles. The summed E-state index contributed by atoms with van der Waals surface area (Å²) in [6.07, 6.45) is 2.30. The number of likely N-dealkylation sites (tertiary alicyclic amines) is 1. The number of piperidine rings is 1. The van der Waals surface area contributed by atoms with Crippen LogP contribution in [0.2, 0.25) is 0 Å². The first kappa shape index (κ1) is 19.3. The standard InChI is InChI=1S/C22H26N2O3Se/c1-26-19-12-18-21(13-20(19)27-2)28-24(22(18)25)15-17-8-10-23(11-9-17)14-16-6-4-3-5-7-16/h3-7,12-13,17H,8-11,14-15H2,1-2H3. The number of nitrogens with zero attached hydrogens (tertiary/aromatic N) is 2. The van der Waals surface area contributed by atoms with Gasteiger partial charge in [-0.25, -0.2) is 0 Å². The second-order valence-corrected chi connectivity index (χ2v) is 9.60. The van der Waals surface area contributed by atoms with Gasteiger partial charge in [-0.1, -0.05) is 0 Å². The molecule has 0 spiro atoms. The van der Waals surface area contributed by atoms with Crippen LogP contribution in [0, 0.1) is 5.92 Å². The Morgan fingerprint density at radius 3 is 2.39 bits per heavy atom. The van der Waals surface area contributed by atoms with E-state index in [1.54, 1.807) is 14.2 Å². The summed E-state index contributed by atoms with van der Waals surface area (Å²) in [5.74, 6) is 1.91. The molecule has 4 rings (SSSR count). The van der Waals surface area contributed by atoms with E-state index in [9.17, 15) is 4.79 Å². The van der Waals surface area contributed by atoms with Crippen LogP contribution in [-0.2, 0) is 13.1 Å². The number of hydrogen-bond donors (Lipinski definition) is 0. The zero-order valence-electron chi connectivity index (χ0n) is 16.4. The van der Waals surface area contributed by atoms with Crippen molar-refractivity contribution in [2.24, 2.45) is 5.92 Å². The molecule has 0 aliphatic carbocycles. The van der Waals surface area contributed by atoms with Crippen molar-refractivity contribution in [3.63, 3.8) is 0 Å². The molecule has 0 saturated carbocycles. The quantitative estimate of drug-likeness (QED) is 0.548. The third-order valence-corrected chi connectivity index (χ3v) is 7.78. The van der Waals surface area contributed by atoms with Crippen LogP contribution < -0.4 is 15.0 Å². The third kappa shape index (κ3) is 4.04. The monoisotopic (exact) mass is 446 g/mol. The number of fused-ring (bicyclic) bond motifs is 1. The number of rotatable bonds is 6. The average molecular weight is 445 g/mol. The minimum absolute atomic E-state index is 0.0210. The first-order chi connectivity index (χ1) is 13.7. The van der Waals surface area contributed by atoms with E-state index in [-0.39, 0.29) is 20.3 Å². The molecule has 2 heterocycles. The van der Waals surface area contributed by atoms with Gasteiger partial charge in [-0.2, -0.15) is 0 Å². The molecule has 1 saturated heterocycles. The Kier molecular flexibility index (Phi) is 5.90. The van der Waals surface area contributed by atoms with E-state index in [1.807, 2.05) is 15.7 Å². The zero-order valence-corrected chi connectivity index (χ0v) is 18.1. The summed E-state index contributed by atoms with van der Waals surface area (Å²) >= 11 is 0.0210. The van der Waals surface area contributed by atoms with Gasteiger partial charge >= 0.3 is 171 Å². The van der Waals surface area contributed by atoms with E-state index < -0.39 is 0 Å². The summed E-state index contributed by atoms with van der Waals surface area (Å²) in [6, 6.07) is 14.5. The Balaban J connectivity index is 1.43. The van der Waals surface area contributed by atoms with Gasteiger partial charge in [0, 0.05) is 0 Å². The van der Waals surface area contributed by atoms with Crippen molar-refractivity contribution in [3.8, 4) is 11.5 Å². The molecule has 3 aromatic rings. The second-order valence-electron chi connectivity index (χ2n) is 7.37. The van der Waals surface area contributed by atoms with E-state index in [0.717, 1.165) is 48.7 Å². The molecule has 0 N–H and O–H groups in total. The first-order valence-electron chi connectivity index (χ1n) is 9.70. The summed E-state index contributed by atoms with van der Waals surface area (Å²) in [5, 5.41) is 0.777. The van der Waals surface area contributed by atoms with Gasteiger partial charge in [0.25, 0.3) is 0 Å². The molecule has 0 atom stereocenters. The Hall–Kier alpha value is -2.01. The van der Waals surface area contributed by atoms with Crippen molar-refractivity contribution in [2.45, 2.75) is 25.9 Å². The van der Waals surface area contributed by atoms with Crippen LogP contribution in [0.4, 0.5) is 0 Å². The summed E-state index contributed by atoms with van der Waals surface area (Å²) in [5.41, 5.74) is 1.51. The van der Waals surface area contributed by atoms with Gasteiger partial charge < -0.3 is 0 Å². The molecule has 2 aromatic carbocycles. The van der Waals surface area contributed by atoms with Gasteiger partial charge in [0.2, 0.25) is 0 Å². The molecule has 1 aromatic heterocycles. The van der Waals surface area contributed by atoms with Gasteiger partial charge in [-0.3, -0.25) is 0 Å². The predicted molar refractivity (Wildman–Crippen MR) is 113 cm³/mol. The fourth-order valence-corrected chi connectivity index (χ4v) is 6.25. The van der Waals surface area contributed by atoms with Crippen molar-refractivity contribution in [3.05, 3.63) is 58.4 Å². The second kappa shape index (κ2) is 8.56. The number of benzene rings is 2. The zero-order chi connectivity index (χ0) is 19.5. The van der Waals surface area contributed by atoms with E-state index in [0.29, 0.717) is 17.4 Å². The molecule has 148 valence electrons. The topological polar surface area (TPSA) is 43.7 Å². The van der Waals surface area contributed by atoms with Crippen molar-refractivity contribution < 1.29 is 9.47 Å². The van der Waals surface area contributed by atoms with Crippen molar-refractivity contribution >= 4 is 24.4 Å². The minimum atomic E-state index is 0.0210. The van der Waals surface area contributed by atoms with Crippen molar-refractivity contribution in [1.82, 2.24) is 8.46 Å².